The van der Waals surface area contributed by atoms with E-state index in [1.807, 2.05) is 67.6 Å². The van der Waals surface area contributed by atoms with Crippen molar-refractivity contribution in [3.05, 3.63) is 96.2 Å². The van der Waals surface area contributed by atoms with Crippen molar-refractivity contribution < 1.29 is 13.2 Å². The maximum atomic E-state index is 12.3. The van der Waals surface area contributed by atoms with Gasteiger partial charge in [-0.15, -0.1) is 0 Å². The van der Waals surface area contributed by atoms with Crippen molar-refractivity contribution in [3.63, 3.8) is 0 Å². The van der Waals surface area contributed by atoms with E-state index in [1.54, 1.807) is 28.9 Å². The summed E-state index contributed by atoms with van der Waals surface area (Å²) in [7, 11) is -3.29. The molecule has 0 saturated carbocycles. The molecule has 0 unspecified atom stereocenters. The number of carbonyl (C=O) groups is 1. The zero-order valence-electron chi connectivity index (χ0n) is 18.3. The van der Waals surface area contributed by atoms with E-state index >= 15 is 0 Å². The molecule has 7 nitrogen and oxygen atoms in total. The number of nitrogens with zero attached hydrogens (tertiary/aromatic N) is 2. The highest BCUT2D eigenvalue weighted by atomic mass is 32.2. The van der Waals surface area contributed by atoms with Gasteiger partial charge in [-0.25, -0.2) is 17.9 Å². The van der Waals surface area contributed by atoms with Crippen molar-refractivity contribution in [3.8, 4) is 16.9 Å². The van der Waals surface area contributed by atoms with E-state index < -0.39 is 9.84 Å². The van der Waals surface area contributed by atoms with E-state index in [9.17, 15) is 13.2 Å². The van der Waals surface area contributed by atoms with Gasteiger partial charge in [-0.3, -0.25) is 0 Å². The summed E-state index contributed by atoms with van der Waals surface area (Å²) in [5.41, 5.74) is 4.99. The van der Waals surface area contributed by atoms with Crippen LogP contribution < -0.4 is 10.6 Å². The molecule has 33 heavy (non-hydrogen) atoms. The second-order valence-electron chi connectivity index (χ2n) is 7.74. The summed E-state index contributed by atoms with van der Waals surface area (Å²) in [5.74, 6) is 0. The van der Waals surface area contributed by atoms with Gasteiger partial charge in [0.05, 0.1) is 28.5 Å². The molecule has 0 atom stereocenters. The third kappa shape index (κ3) is 5.48. The van der Waals surface area contributed by atoms with Gasteiger partial charge in [-0.05, 0) is 49.4 Å². The summed E-state index contributed by atoms with van der Waals surface area (Å²) in [6.45, 7) is 2.21. The lowest BCUT2D eigenvalue weighted by atomic mass is 10.1. The summed E-state index contributed by atoms with van der Waals surface area (Å²) >= 11 is 0. The Balaban J connectivity index is 1.57. The lowest BCUT2D eigenvalue weighted by Gasteiger charge is -2.08. The molecule has 0 aliphatic carbocycles. The zero-order chi connectivity index (χ0) is 23.4. The first-order chi connectivity index (χ1) is 15.8. The molecular formula is C25H24N4O3S. The number of sulfone groups is 1. The number of benzene rings is 3. The average molecular weight is 461 g/mol. The molecule has 4 rings (SSSR count). The number of amides is 2. The van der Waals surface area contributed by atoms with E-state index in [4.69, 9.17) is 0 Å². The Morgan fingerprint density at radius 3 is 2.24 bits per heavy atom. The van der Waals surface area contributed by atoms with Crippen molar-refractivity contribution in [2.75, 3.05) is 11.6 Å². The number of urea groups is 1. The van der Waals surface area contributed by atoms with Crippen molar-refractivity contribution >= 4 is 21.6 Å². The van der Waals surface area contributed by atoms with E-state index in [1.165, 1.54) is 6.26 Å². The highest BCUT2D eigenvalue weighted by molar-refractivity contribution is 7.90. The number of aromatic nitrogens is 2. The first-order valence-corrected chi connectivity index (χ1v) is 12.2. The third-order valence-corrected chi connectivity index (χ3v) is 6.21. The molecule has 0 spiro atoms. The zero-order valence-corrected chi connectivity index (χ0v) is 19.1. The normalized spacial score (nSPS) is 11.2. The Labute approximate surface area is 193 Å². The van der Waals surface area contributed by atoms with Gasteiger partial charge in [0.2, 0.25) is 0 Å². The molecule has 4 aromatic rings. The van der Waals surface area contributed by atoms with Gasteiger partial charge in [0.25, 0.3) is 0 Å². The molecule has 2 amide bonds. The smallest absolute Gasteiger partial charge is 0.319 e. The Bertz CT molecular complexity index is 1360. The summed E-state index contributed by atoms with van der Waals surface area (Å²) in [6, 6.07) is 25.4. The second-order valence-corrected chi connectivity index (χ2v) is 9.75. The fourth-order valence-corrected chi connectivity index (χ4v) is 3.98. The summed E-state index contributed by atoms with van der Waals surface area (Å²) < 4.78 is 25.3. The molecule has 0 fully saturated rings. The van der Waals surface area contributed by atoms with E-state index in [0.29, 0.717) is 11.4 Å². The molecule has 0 bridgehead atoms. The monoisotopic (exact) mass is 460 g/mol. The van der Waals surface area contributed by atoms with Crippen LogP contribution in [-0.2, 0) is 16.4 Å². The van der Waals surface area contributed by atoms with Gasteiger partial charge in [-0.1, -0.05) is 48.0 Å². The maximum Gasteiger partial charge on any atom is 0.319 e. The Morgan fingerprint density at radius 1 is 0.939 bits per heavy atom. The fraction of sp³-hybridized carbons (Fsp3) is 0.120. The molecule has 168 valence electrons. The summed E-state index contributed by atoms with van der Waals surface area (Å²) in [6.07, 6.45) is 1.18. The number of hydrogen-bond acceptors (Lipinski definition) is 4. The van der Waals surface area contributed by atoms with Gasteiger partial charge in [0.1, 0.15) is 0 Å². The lowest BCUT2D eigenvalue weighted by molar-refractivity contribution is 0.251. The standard InChI is InChI=1S/C25H24N4O3S/c1-18-8-10-20(11-9-18)27-25(30)26-17-21-16-24(19-6-4-3-5-7-19)29(28-21)22-12-14-23(15-13-22)33(2,31)32/h3-16H,17H2,1-2H3,(H2,26,27,30). The summed E-state index contributed by atoms with van der Waals surface area (Å²) in [4.78, 5) is 12.6. The van der Waals surface area contributed by atoms with Crippen molar-refractivity contribution in [2.45, 2.75) is 18.4 Å². The molecule has 0 radical (unpaired) electrons. The SMILES string of the molecule is Cc1ccc(NC(=O)NCc2cc(-c3ccccc3)n(-c3ccc(S(C)(=O)=O)cc3)n2)cc1. The van der Waals surface area contributed by atoms with E-state index in [-0.39, 0.29) is 17.5 Å². The molecule has 1 aromatic heterocycles. The predicted octanol–water partition coefficient (Wildman–Crippen LogP) is 4.57. The van der Waals surface area contributed by atoms with Gasteiger partial charge in [0, 0.05) is 17.5 Å². The minimum atomic E-state index is -3.29. The van der Waals surface area contributed by atoms with Crippen LogP contribution in [0.2, 0.25) is 0 Å². The van der Waals surface area contributed by atoms with Crippen LogP contribution in [0.25, 0.3) is 16.9 Å². The van der Waals surface area contributed by atoms with Crippen LogP contribution in [-0.4, -0.2) is 30.5 Å². The average Bonchev–Trinajstić information content (AvgIpc) is 3.24. The lowest BCUT2D eigenvalue weighted by Crippen LogP contribution is -2.28. The van der Waals surface area contributed by atoms with Crippen LogP contribution in [0.1, 0.15) is 11.3 Å². The predicted molar refractivity (Wildman–Crippen MR) is 129 cm³/mol. The fourth-order valence-electron chi connectivity index (χ4n) is 3.35. The van der Waals surface area contributed by atoms with Crippen LogP contribution in [0, 0.1) is 6.92 Å². The Morgan fingerprint density at radius 2 is 1.61 bits per heavy atom. The van der Waals surface area contributed by atoms with Crippen LogP contribution in [0.5, 0.6) is 0 Å². The highest BCUT2D eigenvalue weighted by Gasteiger charge is 2.14. The topological polar surface area (TPSA) is 93.1 Å². The minimum absolute atomic E-state index is 0.228. The second kappa shape index (κ2) is 9.30. The van der Waals surface area contributed by atoms with Crippen molar-refractivity contribution in [2.24, 2.45) is 0 Å². The molecule has 2 N–H and O–H groups in total. The molecular weight excluding hydrogens is 436 g/mol. The molecule has 0 saturated heterocycles. The number of anilines is 1. The molecule has 3 aromatic carbocycles. The van der Waals surface area contributed by atoms with Crippen LogP contribution in [0.15, 0.2) is 89.8 Å². The van der Waals surface area contributed by atoms with Crippen molar-refractivity contribution in [1.29, 1.82) is 0 Å². The van der Waals surface area contributed by atoms with Crippen LogP contribution >= 0.6 is 0 Å². The highest BCUT2D eigenvalue weighted by Crippen LogP contribution is 2.25. The van der Waals surface area contributed by atoms with E-state index in [2.05, 4.69) is 15.7 Å². The molecule has 0 aliphatic heterocycles. The molecule has 1 heterocycles. The number of carbonyl (C=O) groups excluding carboxylic acids is 1. The number of hydrogen-bond donors (Lipinski definition) is 2. The van der Waals surface area contributed by atoms with Gasteiger partial charge >= 0.3 is 6.03 Å². The molecule has 0 aliphatic rings. The summed E-state index contributed by atoms with van der Waals surface area (Å²) in [5, 5.41) is 10.3. The number of aryl methyl sites for hydroxylation is 1. The number of nitrogens with one attached hydrogen (secondary N) is 2. The third-order valence-electron chi connectivity index (χ3n) is 5.08. The van der Waals surface area contributed by atoms with Crippen LogP contribution in [0.4, 0.5) is 10.5 Å². The van der Waals surface area contributed by atoms with E-state index in [0.717, 1.165) is 22.5 Å². The molecule has 8 heteroatoms. The maximum absolute atomic E-state index is 12.3. The largest absolute Gasteiger partial charge is 0.332 e. The first kappa shape index (κ1) is 22.3. The van der Waals surface area contributed by atoms with Crippen LogP contribution in [0.3, 0.4) is 0 Å². The number of rotatable bonds is 6. The first-order valence-electron chi connectivity index (χ1n) is 10.4. The van der Waals surface area contributed by atoms with Gasteiger partial charge in [0.15, 0.2) is 9.84 Å². The van der Waals surface area contributed by atoms with Gasteiger partial charge < -0.3 is 10.6 Å². The quantitative estimate of drug-likeness (QED) is 0.441. The Hall–Kier alpha value is -3.91. The Kier molecular flexibility index (Phi) is 6.28. The van der Waals surface area contributed by atoms with Gasteiger partial charge in [-0.2, -0.15) is 5.10 Å². The minimum Gasteiger partial charge on any atom is -0.332 e. The van der Waals surface area contributed by atoms with Crippen molar-refractivity contribution in [1.82, 2.24) is 15.1 Å².